The van der Waals surface area contributed by atoms with E-state index in [0.29, 0.717) is 0 Å². The Morgan fingerprint density at radius 1 is 1.03 bits per heavy atom. The van der Waals surface area contributed by atoms with Crippen LogP contribution in [0.5, 0.6) is 0 Å². The van der Waals surface area contributed by atoms with Crippen LogP contribution in [0.15, 0.2) is 54.7 Å². The van der Waals surface area contributed by atoms with Gasteiger partial charge < -0.3 is 19.5 Å². The number of morpholine rings is 1. The summed E-state index contributed by atoms with van der Waals surface area (Å²) < 4.78 is 7.90. The summed E-state index contributed by atoms with van der Waals surface area (Å²) in [5.74, 6) is 0. The number of hydrogen-bond acceptors (Lipinski definition) is 4. The molecule has 0 bridgehead atoms. The minimum Gasteiger partial charge on any atom is -0.379 e. The van der Waals surface area contributed by atoms with E-state index < -0.39 is 0 Å². The summed E-state index contributed by atoms with van der Waals surface area (Å²) in [6.07, 6.45) is 1.86. The maximum atomic E-state index is 5.89. The average Bonchev–Trinajstić information content (AvgIpc) is 3.33. The number of nitrogens with zero attached hydrogens (tertiary/aromatic N) is 4. The minimum atomic E-state index is 0.00449. The van der Waals surface area contributed by atoms with Crippen LogP contribution in [0.3, 0.4) is 0 Å². The molecule has 2 aliphatic heterocycles. The Bertz CT molecular complexity index is 1160. The first-order chi connectivity index (χ1) is 16.5. The molecule has 2 aliphatic rings. The Balaban J connectivity index is 1.52. The third kappa shape index (κ3) is 4.48. The average molecular weight is 476 g/mol. The molecule has 0 amide bonds. The first kappa shape index (κ1) is 23.0. The molecule has 2 atom stereocenters. The summed E-state index contributed by atoms with van der Waals surface area (Å²) in [6, 6.07) is 17.2. The van der Waals surface area contributed by atoms with Crippen molar-refractivity contribution in [3.8, 4) is 5.69 Å². The zero-order valence-electron chi connectivity index (χ0n) is 20.2. The minimum absolute atomic E-state index is 0.00449. The van der Waals surface area contributed by atoms with Crippen molar-refractivity contribution < 1.29 is 4.74 Å². The fourth-order valence-electron chi connectivity index (χ4n) is 5.31. The molecule has 178 valence electrons. The van der Waals surface area contributed by atoms with Crippen LogP contribution in [-0.2, 0) is 4.74 Å². The second-order valence-electron chi connectivity index (χ2n) is 9.27. The molecule has 2 fully saturated rings. The van der Waals surface area contributed by atoms with Crippen molar-refractivity contribution in [2.24, 2.45) is 0 Å². The monoisotopic (exact) mass is 475 g/mol. The van der Waals surface area contributed by atoms with Crippen molar-refractivity contribution in [2.75, 3.05) is 39.4 Å². The molecule has 0 spiro atoms. The number of aromatic nitrogens is 2. The Morgan fingerprint density at radius 3 is 2.59 bits per heavy atom. The molecule has 0 unspecified atom stereocenters. The first-order valence-electron chi connectivity index (χ1n) is 12.1. The molecule has 0 aliphatic carbocycles. The van der Waals surface area contributed by atoms with Gasteiger partial charge in [0, 0.05) is 49.5 Å². The van der Waals surface area contributed by atoms with E-state index in [1.165, 1.54) is 28.2 Å². The van der Waals surface area contributed by atoms with Crippen LogP contribution in [0.1, 0.15) is 40.3 Å². The van der Waals surface area contributed by atoms with Crippen molar-refractivity contribution in [3.05, 3.63) is 82.9 Å². The van der Waals surface area contributed by atoms with Gasteiger partial charge in [0.15, 0.2) is 5.11 Å². The van der Waals surface area contributed by atoms with Crippen LogP contribution in [0, 0.1) is 20.8 Å². The summed E-state index contributed by atoms with van der Waals surface area (Å²) in [6.45, 7) is 12.0. The number of nitrogens with one attached hydrogen (secondary N) is 1. The quantitative estimate of drug-likeness (QED) is 0.542. The fourth-order valence-corrected chi connectivity index (χ4v) is 5.64. The summed E-state index contributed by atoms with van der Waals surface area (Å²) >= 11 is 5.89. The van der Waals surface area contributed by atoms with Crippen LogP contribution in [0.2, 0.25) is 0 Å². The highest BCUT2D eigenvalue weighted by atomic mass is 32.1. The molecule has 4 heterocycles. The second kappa shape index (κ2) is 9.86. The lowest BCUT2D eigenvalue weighted by Gasteiger charge is -2.32. The van der Waals surface area contributed by atoms with Gasteiger partial charge in [0.1, 0.15) is 0 Å². The van der Waals surface area contributed by atoms with Gasteiger partial charge in [0.25, 0.3) is 0 Å². The van der Waals surface area contributed by atoms with Crippen molar-refractivity contribution in [1.82, 2.24) is 24.7 Å². The predicted molar refractivity (Wildman–Crippen MR) is 139 cm³/mol. The third-order valence-electron chi connectivity index (χ3n) is 7.01. The lowest BCUT2D eigenvalue weighted by atomic mass is 9.96. The van der Waals surface area contributed by atoms with Gasteiger partial charge in [-0.25, -0.2) is 0 Å². The lowest BCUT2D eigenvalue weighted by Crippen LogP contribution is -2.42. The van der Waals surface area contributed by atoms with Gasteiger partial charge in [-0.05, 0) is 74.4 Å². The van der Waals surface area contributed by atoms with E-state index in [4.69, 9.17) is 21.9 Å². The molecular formula is C27H33N5OS. The molecule has 6 nitrogen and oxygen atoms in total. The number of pyridine rings is 1. The Labute approximate surface area is 207 Å². The normalized spacial score (nSPS) is 21.1. The largest absolute Gasteiger partial charge is 0.379 e. The van der Waals surface area contributed by atoms with E-state index in [0.717, 1.165) is 50.2 Å². The van der Waals surface area contributed by atoms with E-state index in [9.17, 15) is 0 Å². The maximum Gasteiger partial charge on any atom is 0.170 e. The van der Waals surface area contributed by atoms with Crippen molar-refractivity contribution >= 4 is 17.3 Å². The van der Waals surface area contributed by atoms with Crippen molar-refractivity contribution in [3.63, 3.8) is 0 Å². The van der Waals surface area contributed by atoms with E-state index in [1.807, 2.05) is 12.3 Å². The van der Waals surface area contributed by atoms with Crippen molar-refractivity contribution in [2.45, 2.75) is 32.9 Å². The second-order valence-corrected chi connectivity index (χ2v) is 9.66. The maximum absolute atomic E-state index is 5.89. The number of thiocarbonyl (C=S) groups is 1. The standard InChI is InChI=1S/C27H33N5OS/c1-19-7-6-8-22(17-19)32-20(2)18-23(21(32)3)26-25(24-9-4-5-10-28-24)29-27(34)31(26)12-11-30-13-15-33-16-14-30/h4-10,17-18,25-26H,11-16H2,1-3H3,(H,29,34)/t25-,26-/m0/s1. The number of hydrogen-bond donors (Lipinski definition) is 1. The van der Waals surface area contributed by atoms with Gasteiger partial charge >= 0.3 is 0 Å². The van der Waals surface area contributed by atoms with Crippen LogP contribution in [-0.4, -0.2) is 63.9 Å². The predicted octanol–water partition coefficient (Wildman–Crippen LogP) is 4.10. The highest BCUT2D eigenvalue weighted by Gasteiger charge is 2.41. The molecule has 3 aromatic rings. The number of rotatable bonds is 6. The van der Waals surface area contributed by atoms with E-state index in [2.05, 4.69) is 82.9 Å². The molecule has 34 heavy (non-hydrogen) atoms. The molecule has 7 heteroatoms. The molecule has 1 aromatic carbocycles. The van der Waals surface area contributed by atoms with Gasteiger partial charge in [0.05, 0.1) is 31.0 Å². The van der Waals surface area contributed by atoms with E-state index in [-0.39, 0.29) is 12.1 Å². The van der Waals surface area contributed by atoms with Gasteiger partial charge in [0.2, 0.25) is 0 Å². The molecule has 1 N–H and O–H groups in total. The highest BCUT2D eigenvalue weighted by molar-refractivity contribution is 7.80. The number of ether oxygens (including phenoxy) is 1. The van der Waals surface area contributed by atoms with Crippen LogP contribution in [0.25, 0.3) is 5.69 Å². The van der Waals surface area contributed by atoms with Crippen LogP contribution < -0.4 is 5.32 Å². The molecule has 0 radical (unpaired) electrons. The Morgan fingerprint density at radius 2 is 1.85 bits per heavy atom. The van der Waals surface area contributed by atoms with Gasteiger partial charge in [-0.2, -0.15) is 0 Å². The van der Waals surface area contributed by atoms with Crippen molar-refractivity contribution in [1.29, 1.82) is 0 Å². The van der Waals surface area contributed by atoms with Gasteiger partial charge in [-0.1, -0.05) is 18.2 Å². The number of aryl methyl sites for hydroxylation is 2. The first-order valence-corrected chi connectivity index (χ1v) is 12.5. The SMILES string of the molecule is Cc1cccc(-n2c(C)cc([C@H]3[C@H](c4ccccn4)NC(=S)N3CCN3CCOCC3)c2C)c1. The lowest BCUT2D eigenvalue weighted by molar-refractivity contribution is 0.0350. The molecule has 0 saturated carbocycles. The fraction of sp³-hybridized carbons (Fsp3) is 0.407. The van der Waals surface area contributed by atoms with Gasteiger partial charge in [-0.15, -0.1) is 0 Å². The highest BCUT2D eigenvalue weighted by Crippen LogP contribution is 2.41. The Hall–Kier alpha value is -2.74. The Kier molecular flexibility index (Phi) is 6.68. The summed E-state index contributed by atoms with van der Waals surface area (Å²) in [7, 11) is 0. The van der Waals surface area contributed by atoms with E-state index in [1.54, 1.807) is 0 Å². The van der Waals surface area contributed by atoms with Crippen LogP contribution >= 0.6 is 12.2 Å². The topological polar surface area (TPSA) is 45.6 Å². The molecular weight excluding hydrogens is 442 g/mol. The molecule has 5 rings (SSSR count). The smallest absolute Gasteiger partial charge is 0.170 e. The third-order valence-corrected chi connectivity index (χ3v) is 7.36. The molecule has 2 aromatic heterocycles. The number of benzene rings is 1. The zero-order valence-corrected chi connectivity index (χ0v) is 21.0. The molecule has 2 saturated heterocycles. The van der Waals surface area contributed by atoms with Crippen LogP contribution in [0.4, 0.5) is 0 Å². The van der Waals surface area contributed by atoms with Gasteiger partial charge in [-0.3, -0.25) is 9.88 Å². The zero-order chi connectivity index (χ0) is 23.7. The van der Waals surface area contributed by atoms with E-state index >= 15 is 0 Å². The summed E-state index contributed by atoms with van der Waals surface area (Å²) in [5.41, 5.74) is 7.24. The summed E-state index contributed by atoms with van der Waals surface area (Å²) in [4.78, 5) is 9.53. The summed E-state index contributed by atoms with van der Waals surface area (Å²) in [5, 5.41) is 4.40.